The van der Waals surface area contributed by atoms with Crippen LogP contribution in [0.25, 0.3) is 0 Å². The summed E-state index contributed by atoms with van der Waals surface area (Å²) in [5.41, 5.74) is 1.74. The van der Waals surface area contributed by atoms with Crippen molar-refractivity contribution in [1.29, 1.82) is 0 Å². The van der Waals surface area contributed by atoms with Crippen LogP contribution >= 0.6 is 11.6 Å². The Balaban J connectivity index is 2.18. The summed E-state index contributed by atoms with van der Waals surface area (Å²) in [6.45, 7) is 1.81. The third kappa shape index (κ3) is 3.81. The summed E-state index contributed by atoms with van der Waals surface area (Å²) < 4.78 is 22.3. The molecule has 3 N–H and O–H groups in total. The van der Waals surface area contributed by atoms with Gasteiger partial charge in [-0.2, -0.15) is 0 Å². The van der Waals surface area contributed by atoms with Crippen molar-refractivity contribution in [2.45, 2.75) is 11.8 Å². The minimum Gasteiger partial charge on any atom is -0.322 e. The molecule has 0 aliphatic rings. The third-order valence-corrected chi connectivity index (χ3v) is 4.21. The molecule has 0 saturated heterocycles. The van der Waals surface area contributed by atoms with Gasteiger partial charge in [0.05, 0.1) is 4.90 Å². The minimum atomic E-state index is -3.74. The predicted molar refractivity (Wildman–Crippen MR) is 82.0 cm³/mol. The number of sulfonamides is 1. The molecule has 1 amide bonds. The van der Waals surface area contributed by atoms with Gasteiger partial charge in [0.15, 0.2) is 0 Å². The molecule has 0 atom stereocenters. The summed E-state index contributed by atoms with van der Waals surface area (Å²) in [4.78, 5) is 12.1. The van der Waals surface area contributed by atoms with Gasteiger partial charge in [-0.15, -0.1) is 0 Å². The standard InChI is InChI=1S/C14H13ClN2O3S/c1-9-8-10(2-7-13(9)15)14(18)17-11-3-5-12(6-4-11)21(16,19)20/h2-8H,1H3,(H,17,18)(H2,16,19,20). The van der Waals surface area contributed by atoms with Crippen LogP contribution in [0.3, 0.4) is 0 Å². The Bertz CT molecular complexity index is 786. The topological polar surface area (TPSA) is 89.3 Å². The molecule has 2 aromatic rings. The van der Waals surface area contributed by atoms with Crippen molar-refractivity contribution in [1.82, 2.24) is 0 Å². The largest absolute Gasteiger partial charge is 0.322 e. The van der Waals surface area contributed by atoms with Gasteiger partial charge in [-0.3, -0.25) is 4.79 Å². The molecular formula is C14H13ClN2O3S. The molecular weight excluding hydrogens is 312 g/mol. The van der Waals surface area contributed by atoms with Gasteiger partial charge in [0.1, 0.15) is 0 Å². The molecule has 0 unspecified atom stereocenters. The van der Waals surface area contributed by atoms with Crippen molar-refractivity contribution in [2.24, 2.45) is 5.14 Å². The Kier molecular flexibility index (Phi) is 4.32. The molecule has 7 heteroatoms. The molecule has 0 aliphatic carbocycles. The molecule has 0 spiro atoms. The molecule has 2 rings (SSSR count). The quantitative estimate of drug-likeness (QED) is 0.909. The molecule has 0 heterocycles. The van der Waals surface area contributed by atoms with Gasteiger partial charge in [0, 0.05) is 16.3 Å². The number of carbonyl (C=O) groups excluding carboxylic acids is 1. The Labute approximate surface area is 127 Å². The number of aryl methyl sites for hydroxylation is 1. The Morgan fingerprint density at radius 3 is 2.29 bits per heavy atom. The highest BCUT2D eigenvalue weighted by Crippen LogP contribution is 2.18. The summed E-state index contributed by atoms with van der Waals surface area (Å²) in [5, 5.41) is 8.26. The first-order valence-electron chi connectivity index (χ1n) is 5.98. The Hall–Kier alpha value is -1.89. The van der Waals surface area contributed by atoms with E-state index in [0.717, 1.165) is 5.56 Å². The summed E-state index contributed by atoms with van der Waals surface area (Å²) in [6.07, 6.45) is 0. The molecule has 2 aromatic carbocycles. The number of amides is 1. The van der Waals surface area contributed by atoms with E-state index in [0.29, 0.717) is 16.3 Å². The molecule has 5 nitrogen and oxygen atoms in total. The average Bonchev–Trinajstić information content (AvgIpc) is 2.41. The maximum atomic E-state index is 12.1. The van der Waals surface area contributed by atoms with Crippen molar-refractivity contribution in [3.63, 3.8) is 0 Å². The van der Waals surface area contributed by atoms with Gasteiger partial charge in [-0.25, -0.2) is 13.6 Å². The van der Waals surface area contributed by atoms with Crippen molar-refractivity contribution in [3.8, 4) is 0 Å². The fourth-order valence-electron chi connectivity index (χ4n) is 1.72. The first-order chi connectivity index (χ1) is 9.77. The highest BCUT2D eigenvalue weighted by Gasteiger charge is 2.10. The Morgan fingerprint density at radius 2 is 1.76 bits per heavy atom. The van der Waals surface area contributed by atoms with Gasteiger partial charge < -0.3 is 5.32 Å². The van der Waals surface area contributed by atoms with Crippen LogP contribution in [0, 0.1) is 6.92 Å². The number of carbonyl (C=O) groups is 1. The number of nitrogens with one attached hydrogen (secondary N) is 1. The van der Waals surface area contributed by atoms with Crippen molar-refractivity contribution < 1.29 is 13.2 Å². The summed E-state index contributed by atoms with van der Waals surface area (Å²) in [5.74, 6) is -0.307. The fraction of sp³-hybridized carbons (Fsp3) is 0.0714. The number of hydrogen-bond donors (Lipinski definition) is 2. The highest BCUT2D eigenvalue weighted by atomic mass is 35.5. The van der Waals surface area contributed by atoms with Gasteiger partial charge in [0.25, 0.3) is 5.91 Å². The number of benzene rings is 2. The van der Waals surface area contributed by atoms with Crippen LogP contribution in [0.15, 0.2) is 47.4 Å². The van der Waals surface area contributed by atoms with E-state index in [-0.39, 0.29) is 10.8 Å². The van der Waals surface area contributed by atoms with E-state index in [1.165, 1.54) is 24.3 Å². The van der Waals surface area contributed by atoms with Crippen molar-refractivity contribution in [2.75, 3.05) is 5.32 Å². The number of anilines is 1. The fourth-order valence-corrected chi connectivity index (χ4v) is 2.35. The minimum absolute atomic E-state index is 0.0113. The summed E-state index contributed by atoms with van der Waals surface area (Å²) in [7, 11) is -3.74. The second-order valence-corrected chi connectivity index (χ2v) is 6.46. The number of nitrogens with two attached hydrogens (primary N) is 1. The zero-order valence-electron chi connectivity index (χ0n) is 11.1. The predicted octanol–water partition coefficient (Wildman–Crippen LogP) is 2.55. The Morgan fingerprint density at radius 1 is 1.14 bits per heavy atom. The van der Waals surface area contributed by atoms with Crippen molar-refractivity contribution in [3.05, 3.63) is 58.6 Å². The number of hydrogen-bond acceptors (Lipinski definition) is 3. The molecule has 0 radical (unpaired) electrons. The first-order valence-corrected chi connectivity index (χ1v) is 7.90. The molecule has 0 aliphatic heterocycles. The number of primary sulfonamides is 1. The van der Waals surface area contributed by atoms with Gasteiger partial charge in [-0.05, 0) is 55.0 Å². The lowest BCUT2D eigenvalue weighted by Crippen LogP contribution is -2.14. The average molecular weight is 325 g/mol. The van der Waals surface area contributed by atoms with E-state index in [2.05, 4.69) is 5.32 Å². The number of rotatable bonds is 3. The summed E-state index contributed by atoms with van der Waals surface area (Å²) >= 11 is 5.91. The van der Waals surface area contributed by atoms with Crippen LogP contribution in [0.5, 0.6) is 0 Å². The van der Waals surface area contributed by atoms with E-state index in [1.807, 2.05) is 0 Å². The van der Waals surface area contributed by atoms with E-state index in [9.17, 15) is 13.2 Å². The number of halogens is 1. The lowest BCUT2D eigenvalue weighted by Gasteiger charge is -2.07. The lowest BCUT2D eigenvalue weighted by molar-refractivity contribution is 0.102. The van der Waals surface area contributed by atoms with E-state index >= 15 is 0 Å². The normalized spacial score (nSPS) is 11.2. The van der Waals surface area contributed by atoms with Crippen LogP contribution in [0.4, 0.5) is 5.69 Å². The van der Waals surface area contributed by atoms with Crippen LogP contribution in [0.2, 0.25) is 5.02 Å². The second kappa shape index (κ2) is 5.85. The summed E-state index contributed by atoms with van der Waals surface area (Å²) in [6, 6.07) is 10.5. The lowest BCUT2D eigenvalue weighted by atomic mass is 10.1. The molecule has 21 heavy (non-hydrogen) atoms. The molecule has 0 bridgehead atoms. The van der Waals surface area contributed by atoms with Crippen LogP contribution in [0.1, 0.15) is 15.9 Å². The van der Waals surface area contributed by atoms with Gasteiger partial charge in [-0.1, -0.05) is 11.6 Å². The van der Waals surface area contributed by atoms with Crippen LogP contribution in [-0.2, 0) is 10.0 Å². The molecule has 110 valence electrons. The highest BCUT2D eigenvalue weighted by molar-refractivity contribution is 7.89. The maximum absolute atomic E-state index is 12.1. The van der Waals surface area contributed by atoms with E-state index in [1.54, 1.807) is 25.1 Å². The van der Waals surface area contributed by atoms with E-state index < -0.39 is 10.0 Å². The second-order valence-electron chi connectivity index (χ2n) is 4.49. The zero-order valence-corrected chi connectivity index (χ0v) is 12.7. The first kappa shape index (κ1) is 15.5. The van der Waals surface area contributed by atoms with Crippen LogP contribution < -0.4 is 10.5 Å². The zero-order chi connectivity index (χ0) is 15.6. The molecule has 0 aromatic heterocycles. The van der Waals surface area contributed by atoms with Crippen LogP contribution in [-0.4, -0.2) is 14.3 Å². The smallest absolute Gasteiger partial charge is 0.255 e. The molecule has 0 saturated carbocycles. The SMILES string of the molecule is Cc1cc(C(=O)Nc2ccc(S(N)(=O)=O)cc2)ccc1Cl. The van der Waals surface area contributed by atoms with E-state index in [4.69, 9.17) is 16.7 Å². The monoisotopic (exact) mass is 324 g/mol. The van der Waals surface area contributed by atoms with Gasteiger partial charge in [0.2, 0.25) is 10.0 Å². The third-order valence-electron chi connectivity index (χ3n) is 2.86. The van der Waals surface area contributed by atoms with Gasteiger partial charge >= 0.3 is 0 Å². The maximum Gasteiger partial charge on any atom is 0.255 e. The molecule has 0 fully saturated rings. The van der Waals surface area contributed by atoms with Crippen molar-refractivity contribution >= 4 is 33.2 Å².